The number of hydrogen-bond donors (Lipinski definition) is 1. The second-order valence-electron chi connectivity index (χ2n) is 4.96. The predicted molar refractivity (Wildman–Crippen MR) is 74.3 cm³/mol. The van der Waals surface area contributed by atoms with E-state index in [0.717, 1.165) is 13.0 Å². The fraction of sp³-hybridized carbons (Fsp3) is 0.533. The highest BCUT2D eigenvalue weighted by molar-refractivity contribution is 5.92. The number of rotatable bonds is 2. The Hall–Kier alpha value is -1.51. The highest BCUT2D eigenvalue weighted by Gasteiger charge is 2.18. The summed E-state index contributed by atoms with van der Waals surface area (Å²) in [6, 6.07) is 5.25. The summed E-state index contributed by atoms with van der Waals surface area (Å²) in [5, 5.41) is 3.42. The standard InChI is InChI=1S/C15H20N2O/c1-2-11-7-8-12-5-3-4-6-13(12)14(11)17-15-16-9-10-18-15/h7-8H,2-6,9-10H2,1H3,(H,16,17). The number of hydrogen-bond acceptors (Lipinski definition) is 3. The number of aliphatic imine (C=N–C) groups is 1. The Morgan fingerprint density at radius 1 is 1.28 bits per heavy atom. The summed E-state index contributed by atoms with van der Waals surface area (Å²) in [4.78, 5) is 4.34. The van der Waals surface area contributed by atoms with Gasteiger partial charge in [0.1, 0.15) is 6.61 Å². The van der Waals surface area contributed by atoms with Gasteiger partial charge in [-0.15, -0.1) is 0 Å². The van der Waals surface area contributed by atoms with Crippen LogP contribution >= 0.6 is 0 Å². The van der Waals surface area contributed by atoms with Crippen molar-refractivity contribution in [3.63, 3.8) is 0 Å². The molecule has 0 aromatic heterocycles. The molecule has 0 amide bonds. The average molecular weight is 244 g/mol. The van der Waals surface area contributed by atoms with Gasteiger partial charge in [-0.2, -0.15) is 0 Å². The molecule has 2 aliphatic rings. The quantitative estimate of drug-likeness (QED) is 0.867. The molecule has 0 saturated carbocycles. The monoisotopic (exact) mass is 244 g/mol. The molecule has 18 heavy (non-hydrogen) atoms. The highest BCUT2D eigenvalue weighted by atomic mass is 16.5. The number of ether oxygens (including phenoxy) is 1. The van der Waals surface area contributed by atoms with E-state index in [9.17, 15) is 0 Å². The normalized spacial score (nSPS) is 17.9. The third-order valence-electron chi connectivity index (χ3n) is 3.82. The molecule has 3 rings (SSSR count). The fourth-order valence-electron chi connectivity index (χ4n) is 2.84. The van der Waals surface area contributed by atoms with Gasteiger partial charge in [0.2, 0.25) is 0 Å². The fourth-order valence-corrected chi connectivity index (χ4v) is 2.84. The molecule has 3 nitrogen and oxygen atoms in total. The molecule has 0 saturated heterocycles. The van der Waals surface area contributed by atoms with Gasteiger partial charge in [0.15, 0.2) is 0 Å². The molecular formula is C15H20N2O. The first kappa shape index (κ1) is 11.6. The Labute approximate surface area is 108 Å². The lowest BCUT2D eigenvalue weighted by molar-refractivity contribution is 0.346. The molecule has 1 aliphatic heterocycles. The van der Waals surface area contributed by atoms with Crippen molar-refractivity contribution in [3.05, 3.63) is 28.8 Å². The van der Waals surface area contributed by atoms with Crippen LogP contribution in [0.3, 0.4) is 0 Å². The van der Waals surface area contributed by atoms with Crippen LogP contribution in [0.1, 0.15) is 36.5 Å². The number of nitrogens with zero attached hydrogens (tertiary/aromatic N) is 1. The topological polar surface area (TPSA) is 33.6 Å². The average Bonchev–Trinajstić information content (AvgIpc) is 2.92. The lowest BCUT2D eigenvalue weighted by Crippen LogP contribution is -2.17. The maximum Gasteiger partial charge on any atom is 0.289 e. The zero-order valence-electron chi connectivity index (χ0n) is 11.0. The summed E-state index contributed by atoms with van der Waals surface area (Å²) in [6.07, 6.45) is 6.04. The van der Waals surface area contributed by atoms with E-state index in [1.807, 2.05) is 0 Å². The van der Waals surface area contributed by atoms with Crippen molar-refractivity contribution in [3.8, 4) is 0 Å². The van der Waals surface area contributed by atoms with Crippen LogP contribution in [0.5, 0.6) is 0 Å². The number of anilines is 1. The Morgan fingerprint density at radius 3 is 2.94 bits per heavy atom. The van der Waals surface area contributed by atoms with Gasteiger partial charge in [-0.25, -0.2) is 4.99 Å². The molecule has 96 valence electrons. The largest absolute Gasteiger partial charge is 0.463 e. The zero-order valence-corrected chi connectivity index (χ0v) is 11.0. The molecule has 3 heteroatoms. The molecule has 1 aromatic rings. The highest BCUT2D eigenvalue weighted by Crippen LogP contribution is 2.31. The summed E-state index contributed by atoms with van der Waals surface area (Å²) >= 11 is 0. The van der Waals surface area contributed by atoms with Gasteiger partial charge in [-0.3, -0.25) is 0 Å². The smallest absolute Gasteiger partial charge is 0.289 e. The minimum absolute atomic E-state index is 0.698. The van der Waals surface area contributed by atoms with E-state index in [0.29, 0.717) is 12.6 Å². The van der Waals surface area contributed by atoms with Gasteiger partial charge in [0, 0.05) is 5.69 Å². The van der Waals surface area contributed by atoms with E-state index in [-0.39, 0.29) is 0 Å². The number of fused-ring (bicyclic) bond motifs is 1. The van der Waals surface area contributed by atoms with Crippen molar-refractivity contribution >= 4 is 11.7 Å². The number of benzene rings is 1. The molecular weight excluding hydrogens is 224 g/mol. The first-order valence-electron chi connectivity index (χ1n) is 6.96. The molecule has 0 radical (unpaired) electrons. The maximum atomic E-state index is 5.49. The van der Waals surface area contributed by atoms with Crippen molar-refractivity contribution in [2.45, 2.75) is 39.0 Å². The molecule has 1 aliphatic carbocycles. The Kier molecular flexibility index (Phi) is 3.22. The molecule has 0 unspecified atom stereocenters. The van der Waals surface area contributed by atoms with Gasteiger partial charge in [0.25, 0.3) is 6.02 Å². The summed E-state index contributed by atoms with van der Waals surface area (Å²) in [7, 11) is 0. The van der Waals surface area contributed by atoms with E-state index in [4.69, 9.17) is 4.74 Å². The van der Waals surface area contributed by atoms with Crippen molar-refractivity contribution in [1.29, 1.82) is 0 Å². The summed E-state index contributed by atoms with van der Waals surface area (Å²) < 4.78 is 5.49. The number of amidine groups is 1. The van der Waals surface area contributed by atoms with E-state index < -0.39 is 0 Å². The van der Waals surface area contributed by atoms with Crippen LogP contribution < -0.4 is 5.32 Å². The lowest BCUT2D eigenvalue weighted by Gasteiger charge is -2.22. The van der Waals surface area contributed by atoms with Crippen LogP contribution in [0.25, 0.3) is 0 Å². The third kappa shape index (κ3) is 2.09. The van der Waals surface area contributed by atoms with Gasteiger partial charge in [0.05, 0.1) is 6.54 Å². The molecule has 0 spiro atoms. The van der Waals surface area contributed by atoms with Crippen LogP contribution in [0.4, 0.5) is 5.69 Å². The van der Waals surface area contributed by atoms with Crippen LogP contribution in [0.2, 0.25) is 0 Å². The minimum Gasteiger partial charge on any atom is -0.463 e. The van der Waals surface area contributed by atoms with E-state index in [2.05, 4.69) is 29.4 Å². The van der Waals surface area contributed by atoms with Crippen molar-refractivity contribution in [1.82, 2.24) is 0 Å². The SMILES string of the molecule is CCc1ccc2c(c1NC1=NCCO1)CCCC2. The first-order valence-corrected chi connectivity index (χ1v) is 6.96. The van der Waals surface area contributed by atoms with Crippen LogP contribution in [0.15, 0.2) is 17.1 Å². The second-order valence-corrected chi connectivity index (χ2v) is 4.96. The molecule has 1 heterocycles. The maximum absolute atomic E-state index is 5.49. The Balaban J connectivity index is 1.98. The molecule has 0 atom stereocenters. The summed E-state index contributed by atoms with van der Waals surface area (Å²) in [5.41, 5.74) is 5.61. The van der Waals surface area contributed by atoms with Crippen molar-refractivity contribution in [2.75, 3.05) is 18.5 Å². The molecule has 0 bridgehead atoms. The van der Waals surface area contributed by atoms with Gasteiger partial charge in [-0.05, 0) is 48.8 Å². The van der Waals surface area contributed by atoms with Crippen LogP contribution in [0, 0.1) is 0 Å². The lowest BCUT2D eigenvalue weighted by atomic mass is 9.88. The van der Waals surface area contributed by atoms with E-state index in [1.165, 1.54) is 48.1 Å². The minimum atomic E-state index is 0.698. The third-order valence-corrected chi connectivity index (χ3v) is 3.82. The van der Waals surface area contributed by atoms with E-state index in [1.54, 1.807) is 0 Å². The second kappa shape index (κ2) is 5.01. The van der Waals surface area contributed by atoms with E-state index >= 15 is 0 Å². The molecule has 1 aromatic carbocycles. The summed E-state index contributed by atoms with van der Waals surface area (Å²) in [6.45, 7) is 3.69. The van der Waals surface area contributed by atoms with Crippen molar-refractivity contribution in [2.24, 2.45) is 4.99 Å². The summed E-state index contributed by atoms with van der Waals surface area (Å²) in [5.74, 6) is 0. The Morgan fingerprint density at radius 2 is 2.17 bits per heavy atom. The Bertz CT molecular complexity index is 480. The van der Waals surface area contributed by atoms with Crippen LogP contribution in [-0.4, -0.2) is 19.2 Å². The van der Waals surface area contributed by atoms with Gasteiger partial charge < -0.3 is 10.1 Å². The van der Waals surface area contributed by atoms with Crippen molar-refractivity contribution < 1.29 is 4.74 Å². The number of nitrogens with one attached hydrogen (secondary N) is 1. The predicted octanol–water partition coefficient (Wildman–Crippen LogP) is 2.93. The van der Waals surface area contributed by atoms with Gasteiger partial charge >= 0.3 is 0 Å². The first-order chi connectivity index (χ1) is 8.88. The van der Waals surface area contributed by atoms with Crippen LogP contribution in [-0.2, 0) is 24.0 Å². The molecule has 0 fully saturated rings. The number of aryl methyl sites for hydroxylation is 2. The molecule has 1 N–H and O–H groups in total. The zero-order chi connectivity index (χ0) is 12.4. The van der Waals surface area contributed by atoms with Gasteiger partial charge in [-0.1, -0.05) is 19.1 Å².